The summed E-state index contributed by atoms with van der Waals surface area (Å²) in [5.74, 6) is 0.704. The van der Waals surface area contributed by atoms with Crippen molar-refractivity contribution in [3.8, 4) is 5.75 Å². The van der Waals surface area contributed by atoms with E-state index < -0.39 is 0 Å². The first kappa shape index (κ1) is 9.52. The Hall–Kier alpha value is -1.57. The van der Waals surface area contributed by atoms with Crippen LogP contribution in [0.4, 0.5) is 0 Å². The number of allylic oxidation sites excluding steroid dienone is 1. The lowest BCUT2D eigenvalue weighted by Gasteiger charge is -2.02. The molecule has 0 saturated heterocycles. The summed E-state index contributed by atoms with van der Waals surface area (Å²) >= 11 is 0. The second kappa shape index (κ2) is 4.45. The zero-order chi connectivity index (χ0) is 9.68. The molecule has 0 radical (unpaired) electrons. The van der Waals surface area contributed by atoms with Crippen LogP contribution in [0.3, 0.4) is 0 Å². The third kappa shape index (κ3) is 2.18. The van der Waals surface area contributed by atoms with Crippen LogP contribution in [-0.2, 0) is 0 Å². The predicted molar refractivity (Wildman–Crippen MR) is 53.1 cm³/mol. The van der Waals surface area contributed by atoms with Crippen LogP contribution in [0.25, 0.3) is 6.08 Å². The van der Waals surface area contributed by atoms with E-state index in [1.165, 1.54) is 0 Å². The quantitative estimate of drug-likeness (QED) is 0.661. The number of aldehydes is 1. The summed E-state index contributed by atoms with van der Waals surface area (Å²) in [5, 5.41) is 0. The molecule has 0 atom stereocenters. The first-order valence-corrected chi connectivity index (χ1v) is 4.07. The number of benzene rings is 1. The highest BCUT2D eigenvalue weighted by molar-refractivity contribution is 5.82. The van der Waals surface area contributed by atoms with Crippen LogP contribution in [0.5, 0.6) is 5.75 Å². The summed E-state index contributed by atoms with van der Waals surface area (Å²) in [7, 11) is 1.58. The minimum absolute atomic E-state index is 0.650. The van der Waals surface area contributed by atoms with E-state index in [1.807, 2.05) is 31.2 Å². The lowest BCUT2D eigenvalue weighted by atomic mass is 10.1. The topological polar surface area (TPSA) is 26.3 Å². The molecule has 2 heteroatoms. The van der Waals surface area contributed by atoms with Gasteiger partial charge in [0.15, 0.2) is 6.29 Å². The fourth-order valence-corrected chi connectivity index (χ4v) is 1.11. The van der Waals surface area contributed by atoms with Gasteiger partial charge in [0.25, 0.3) is 0 Å². The normalized spacial score (nSPS) is 10.3. The molecule has 1 aromatic rings. The molecule has 0 amide bonds. The van der Waals surface area contributed by atoms with Gasteiger partial charge in [0.2, 0.25) is 0 Å². The summed E-state index contributed by atoms with van der Waals surface area (Å²) in [4.78, 5) is 10.7. The van der Waals surface area contributed by atoms with Gasteiger partial charge >= 0.3 is 0 Å². The molecule has 0 saturated carbocycles. The average Bonchev–Trinajstić information content (AvgIpc) is 2.19. The van der Waals surface area contributed by atoms with Gasteiger partial charge in [-0.3, -0.25) is 4.79 Å². The summed E-state index contributed by atoms with van der Waals surface area (Å²) in [6.07, 6.45) is 4.62. The Morgan fingerprint density at radius 2 is 2.08 bits per heavy atom. The van der Waals surface area contributed by atoms with Gasteiger partial charge in [0, 0.05) is 5.56 Å². The van der Waals surface area contributed by atoms with Gasteiger partial charge in [-0.1, -0.05) is 18.2 Å². The SMILES string of the molecule is CC=Cc1ccc(OC)cc1C=O. The molecule has 0 aliphatic carbocycles. The molecule has 68 valence electrons. The molecule has 0 fully saturated rings. The summed E-state index contributed by atoms with van der Waals surface area (Å²) in [5.41, 5.74) is 1.57. The van der Waals surface area contributed by atoms with Gasteiger partial charge < -0.3 is 4.74 Å². The van der Waals surface area contributed by atoms with E-state index in [4.69, 9.17) is 4.74 Å². The third-order valence-electron chi connectivity index (χ3n) is 1.77. The Balaban J connectivity index is 3.15. The third-order valence-corrected chi connectivity index (χ3v) is 1.77. The van der Waals surface area contributed by atoms with Crippen LogP contribution in [0.15, 0.2) is 24.3 Å². The molecule has 0 unspecified atom stereocenters. The van der Waals surface area contributed by atoms with Crippen molar-refractivity contribution in [3.63, 3.8) is 0 Å². The Morgan fingerprint density at radius 3 is 2.62 bits per heavy atom. The Bertz CT molecular complexity index is 327. The molecule has 1 rings (SSSR count). The molecule has 0 spiro atoms. The van der Waals surface area contributed by atoms with Crippen molar-refractivity contribution in [1.82, 2.24) is 0 Å². The fourth-order valence-electron chi connectivity index (χ4n) is 1.11. The molecular weight excluding hydrogens is 164 g/mol. The van der Waals surface area contributed by atoms with E-state index in [9.17, 15) is 4.79 Å². The summed E-state index contributed by atoms with van der Waals surface area (Å²) in [6.45, 7) is 1.92. The minimum atomic E-state index is 0.650. The average molecular weight is 176 g/mol. The molecule has 0 aliphatic heterocycles. The largest absolute Gasteiger partial charge is 0.497 e. The van der Waals surface area contributed by atoms with Crippen LogP contribution in [-0.4, -0.2) is 13.4 Å². The molecule has 13 heavy (non-hydrogen) atoms. The predicted octanol–water partition coefficient (Wildman–Crippen LogP) is 2.54. The van der Waals surface area contributed by atoms with E-state index in [2.05, 4.69) is 0 Å². The maximum absolute atomic E-state index is 10.7. The van der Waals surface area contributed by atoms with Gasteiger partial charge in [0.1, 0.15) is 5.75 Å². The van der Waals surface area contributed by atoms with Crippen molar-refractivity contribution in [3.05, 3.63) is 35.4 Å². The monoisotopic (exact) mass is 176 g/mol. The molecule has 0 N–H and O–H groups in total. The van der Waals surface area contributed by atoms with Gasteiger partial charge in [-0.15, -0.1) is 0 Å². The van der Waals surface area contributed by atoms with Crippen molar-refractivity contribution < 1.29 is 9.53 Å². The van der Waals surface area contributed by atoms with Gasteiger partial charge in [-0.05, 0) is 24.6 Å². The van der Waals surface area contributed by atoms with Crippen LogP contribution in [0.2, 0.25) is 0 Å². The van der Waals surface area contributed by atoms with Crippen molar-refractivity contribution in [1.29, 1.82) is 0 Å². The van der Waals surface area contributed by atoms with Gasteiger partial charge in [-0.2, -0.15) is 0 Å². The number of hydrogen-bond acceptors (Lipinski definition) is 2. The van der Waals surface area contributed by atoms with Crippen molar-refractivity contribution in [2.75, 3.05) is 7.11 Å². The van der Waals surface area contributed by atoms with Crippen LogP contribution >= 0.6 is 0 Å². The zero-order valence-corrected chi connectivity index (χ0v) is 7.78. The first-order chi connectivity index (χ1) is 6.31. The van der Waals surface area contributed by atoms with E-state index in [0.29, 0.717) is 11.3 Å². The van der Waals surface area contributed by atoms with Crippen molar-refractivity contribution in [2.24, 2.45) is 0 Å². The first-order valence-electron chi connectivity index (χ1n) is 4.07. The van der Waals surface area contributed by atoms with Crippen LogP contribution in [0, 0.1) is 0 Å². The highest BCUT2D eigenvalue weighted by Gasteiger charge is 1.99. The number of ether oxygens (including phenoxy) is 1. The second-order valence-corrected chi connectivity index (χ2v) is 2.61. The standard InChI is InChI=1S/C11H12O2/c1-3-4-9-5-6-11(13-2)7-10(9)8-12/h3-8H,1-2H3. The Labute approximate surface area is 77.8 Å². The molecular formula is C11H12O2. The molecule has 2 nitrogen and oxygen atoms in total. The van der Waals surface area contributed by atoms with Gasteiger partial charge in [0.05, 0.1) is 7.11 Å². The molecule has 0 heterocycles. The second-order valence-electron chi connectivity index (χ2n) is 2.61. The van der Waals surface area contributed by atoms with E-state index in [-0.39, 0.29) is 0 Å². The van der Waals surface area contributed by atoms with Crippen molar-refractivity contribution >= 4 is 12.4 Å². The number of carbonyl (C=O) groups excluding carboxylic acids is 1. The Kier molecular flexibility index (Phi) is 3.26. The zero-order valence-electron chi connectivity index (χ0n) is 7.78. The van der Waals surface area contributed by atoms with Crippen LogP contribution in [0.1, 0.15) is 22.8 Å². The minimum Gasteiger partial charge on any atom is -0.497 e. The highest BCUT2D eigenvalue weighted by Crippen LogP contribution is 2.17. The van der Waals surface area contributed by atoms with E-state index in [0.717, 1.165) is 11.8 Å². The number of hydrogen-bond donors (Lipinski definition) is 0. The smallest absolute Gasteiger partial charge is 0.150 e. The molecule has 0 bridgehead atoms. The number of carbonyl (C=O) groups is 1. The lowest BCUT2D eigenvalue weighted by Crippen LogP contribution is -1.89. The summed E-state index contributed by atoms with van der Waals surface area (Å²) in [6, 6.07) is 5.42. The molecule has 0 aliphatic rings. The Morgan fingerprint density at radius 1 is 1.31 bits per heavy atom. The number of methoxy groups -OCH3 is 1. The van der Waals surface area contributed by atoms with Gasteiger partial charge in [-0.25, -0.2) is 0 Å². The fraction of sp³-hybridized carbons (Fsp3) is 0.182. The molecule has 0 aromatic heterocycles. The van der Waals surface area contributed by atoms with E-state index >= 15 is 0 Å². The number of rotatable bonds is 3. The lowest BCUT2D eigenvalue weighted by molar-refractivity contribution is 0.112. The van der Waals surface area contributed by atoms with Crippen LogP contribution < -0.4 is 4.74 Å². The summed E-state index contributed by atoms with van der Waals surface area (Å²) < 4.78 is 5.01. The highest BCUT2D eigenvalue weighted by atomic mass is 16.5. The molecule has 1 aromatic carbocycles. The van der Waals surface area contributed by atoms with E-state index in [1.54, 1.807) is 13.2 Å². The maximum Gasteiger partial charge on any atom is 0.150 e. The maximum atomic E-state index is 10.7. The van der Waals surface area contributed by atoms with Crippen molar-refractivity contribution in [2.45, 2.75) is 6.92 Å².